The molecule has 0 spiro atoms. The molecule has 0 atom stereocenters. The number of ether oxygens (including phenoxy) is 1. The van der Waals surface area contributed by atoms with Crippen LogP contribution in [0.2, 0.25) is 0 Å². The molecule has 0 bridgehead atoms. The maximum absolute atomic E-state index is 12.6. The number of rotatable bonds is 7. The lowest BCUT2D eigenvalue weighted by molar-refractivity contribution is 0.100. The monoisotopic (exact) mass is 513 g/mol. The highest BCUT2D eigenvalue weighted by molar-refractivity contribution is 6.05. The lowest BCUT2D eigenvalue weighted by Gasteiger charge is -2.12. The molecule has 194 valence electrons. The van der Waals surface area contributed by atoms with Crippen LogP contribution in [0.3, 0.4) is 0 Å². The Morgan fingerprint density at radius 3 is 2.11 bits per heavy atom. The smallest absolute Gasteiger partial charge is 0.324 e. The van der Waals surface area contributed by atoms with Gasteiger partial charge in [-0.1, -0.05) is 25.9 Å². The number of hydrogen-bond acceptors (Lipinski definition) is 7. The number of hydrogen-bond donors (Lipinski definition) is 3. The van der Waals surface area contributed by atoms with Crippen LogP contribution in [0.5, 0.6) is 11.5 Å². The molecule has 2 heterocycles. The van der Waals surface area contributed by atoms with Gasteiger partial charge in [0.1, 0.15) is 23.0 Å². The molecule has 10 nitrogen and oxygen atoms in total. The maximum atomic E-state index is 12.6. The molecular weight excluding hydrogens is 486 g/mol. The normalized spacial score (nSPS) is 10.9. The third-order valence-electron chi connectivity index (χ3n) is 5.34. The predicted molar refractivity (Wildman–Crippen MR) is 143 cm³/mol. The minimum Gasteiger partial charge on any atom is -0.457 e. The molecule has 0 saturated heterocycles. The Hall–Kier alpha value is -4.99. The summed E-state index contributed by atoms with van der Waals surface area (Å²) >= 11 is 0. The van der Waals surface area contributed by atoms with Crippen molar-refractivity contribution in [3.63, 3.8) is 0 Å². The van der Waals surface area contributed by atoms with Gasteiger partial charge in [0.2, 0.25) is 0 Å². The van der Waals surface area contributed by atoms with Gasteiger partial charge in [-0.05, 0) is 54.6 Å². The van der Waals surface area contributed by atoms with E-state index in [1.54, 1.807) is 66.7 Å². The van der Waals surface area contributed by atoms with Crippen molar-refractivity contribution in [2.24, 2.45) is 0 Å². The highest BCUT2D eigenvalue weighted by Gasteiger charge is 2.20. The number of carbonyl (C=O) groups excluding carboxylic acids is 3. The number of urea groups is 1. The molecule has 2 aromatic carbocycles. The van der Waals surface area contributed by atoms with Crippen molar-refractivity contribution in [1.29, 1.82) is 0 Å². The Morgan fingerprint density at radius 2 is 1.47 bits per heavy atom. The van der Waals surface area contributed by atoms with Crippen LogP contribution in [0.4, 0.5) is 22.0 Å². The summed E-state index contributed by atoms with van der Waals surface area (Å²) in [7, 11) is 0. The van der Waals surface area contributed by atoms with Crippen molar-refractivity contribution >= 4 is 34.9 Å². The highest BCUT2D eigenvalue weighted by Crippen LogP contribution is 2.25. The summed E-state index contributed by atoms with van der Waals surface area (Å²) < 4.78 is 11.0. The topological polar surface area (TPSA) is 135 Å². The molecule has 0 radical (unpaired) electrons. The number of Topliss-reactive ketones (excluding diaryl/α,β-unsaturated/α-hetero) is 1. The van der Waals surface area contributed by atoms with E-state index in [1.807, 2.05) is 20.8 Å². The van der Waals surface area contributed by atoms with E-state index in [0.717, 1.165) is 0 Å². The summed E-state index contributed by atoms with van der Waals surface area (Å²) in [6.45, 7) is 7.38. The molecule has 0 aliphatic rings. The van der Waals surface area contributed by atoms with Crippen LogP contribution in [0.25, 0.3) is 0 Å². The summed E-state index contributed by atoms with van der Waals surface area (Å²) in [6.07, 6.45) is 1.51. The SMILES string of the molecule is CC(=O)c1cc(Oc2ccc(NC(=O)c3ccc(NC(=O)Nc4cc(C(C)(C)C)on4)cc3)cc2)ccn1. The molecule has 0 saturated carbocycles. The summed E-state index contributed by atoms with van der Waals surface area (Å²) in [5, 5.41) is 12.0. The fourth-order valence-corrected chi connectivity index (χ4v) is 3.28. The van der Waals surface area contributed by atoms with E-state index in [1.165, 1.54) is 13.1 Å². The third-order valence-corrected chi connectivity index (χ3v) is 5.34. The lowest BCUT2D eigenvalue weighted by atomic mass is 9.93. The number of nitrogens with one attached hydrogen (secondary N) is 3. The van der Waals surface area contributed by atoms with Crippen LogP contribution in [0.15, 0.2) is 77.4 Å². The summed E-state index contributed by atoms with van der Waals surface area (Å²) in [5.41, 5.74) is 1.58. The molecule has 0 aliphatic heterocycles. The van der Waals surface area contributed by atoms with E-state index in [9.17, 15) is 14.4 Å². The zero-order chi connectivity index (χ0) is 27.3. The maximum Gasteiger partial charge on any atom is 0.324 e. The van der Waals surface area contributed by atoms with Gasteiger partial charge in [0.05, 0.1) is 0 Å². The van der Waals surface area contributed by atoms with Crippen LogP contribution in [0, 0.1) is 0 Å². The Labute approximate surface area is 219 Å². The summed E-state index contributed by atoms with van der Waals surface area (Å²) in [4.78, 5) is 40.4. The summed E-state index contributed by atoms with van der Waals surface area (Å²) in [5.74, 6) is 1.52. The summed E-state index contributed by atoms with van der Waals surface area (Å²) in [6, 6.07) is 17.7. The molecule has 0 aliphatic carbocycles. The van der Waals surface area contributed by atoms with Crippen molar-refractivity contribution in [2.75, 3.05) is 16.0 Å². The van der Waals surface area contributed by atoms with E-state index in [-0.39, 0.29) is 17.1 Å². The largest absolute Gasteiger partial charge is 0.457 e. The Morgan fingerprint density at radius 1 is 0.816 bits per heavy atom. The second kappa shape index (κ2) is 11.0. The fourth-order valence-electron chi connectivity index (χ4n) is 3.28. The zero-order valence-corrected chi connectivity index (χ0v) is 21.4. The number of anilines is 3. The Balaban J connectivity index is 1.30. The van der Waals surface area contributed by atoms with Crippen molar-refractivity contribution in [1.82, 2.24) is 10.1 Å². The van der Waals surface area contributed by atoms with Crippen molar-refractivity contribution < 1.29 is 23.6 Å². The van der Waals surface area contributed by atoms with Gasteiger partial charge in [-0.25, -0.2) is 4.79 Å². The van der Waals surface area contributed by atoms with Crippen molar-refractivity contribution in [3.05, 3.63) is 89.9 Å². The first-order valence-corrected chi connectivity index (χ1v) is 11.8. The molecule has 3 N–H and O–H groups in total. The third kappa shape index (κ3) is 6.82. The number of nitrogens with zero attached hydrogens (tertiary/aromatic N) is 2. The van der Waals surface area contributed by atoms with Crippen molar-refractivity contribution in [2.45, 2.75) is 33.1 Å². The van der Waals surface area contributed by atoms with E-state index in [4.69, 9.17) is 9.26 Å². The standard InChI is InChI=1S/C28H27N5O5/c1-17(34)23-15-22(13-14-29-23)37-21-11-9-19(10-12-21)30-26(35)18-5-7-20(8-6-18)31-27(36)32-25-16-24(38-33-25)28(2,3)4/h5-16H,1-4H3,(H,30,35)(H2,31,32,33,36). The van der Waals surface area contributed by atoms with Gasteiger partial charge in [0.15, 0.2) is 11.6 Å². The molecule has 0 fully saturated rings. The molecule has 38 heavy (non-hydrogen) atoms. The number of amides is 3. The number of benzene rings is 2. The Kier molecular flexibility index (Phi) is 7.52. The van der Waals surface area contributed by atoms with Crippen molar-refractivity contribution in [3.8, 4) is 11.5 Å². The van der Waals surface area contributed by atoms with E-state index < -0.39 is 6.03 Å². The van der Waals surface area contributed by atoms with Gasteiger partial charge in [0.25, 0.3) is 5.91 Å². The number of aromatic nitrogens is 2. The molecule has 4 aromatic rings. The second-order valence-corrected chi connectivity index (χ2v) is 9.50. The first-order valence-electron chi connectivity index (χ1n) is 11.8. The first-order chi connectivity index (χ1) is 18.1. The number of ketones is 1. The number of pyridine rings is 1. The van der Waals surface area contributed by atoms with Gasteiger partial charge in [0, 0.05) is 47.6 Å². The van der Waals surface area contributed by atoms with Crippen LogP contribution < -0.4 is 20.7 Å². The lowest BCUT2D eigenvalue weighted by Crippen LogP contribution is -2.19. The van der Waals surface area contributed by atoms with Crippen LogP contribution in [-0.2, 0) is 5.41 Å². The van der Waals surface area contributed by atoms with Gasteiger partial charge in [-0.3, -0.25) is 19.9 Å². The second-order valence-electron chi connectivity index (χ2n) is 9.50. The van der Waals surface area contributed by atoms with Gasteiger partial charge < -0.3 is 19.9 Å². The first kappa shape index (κ1) is 26.1. The molecule has 10 heteroatoms. The minimum atomic E-state index is -0.484. The molecule has 4 rings (SSSR count). The van der Waals surface area contributed by atoms with Gasteiger partial charge in [-0.15, -0.1) is 0 Å². The van der Waals surface area contributed by atoms with Crippen LogP contribution in [-0.4, -0.2) is 27.9 Å². The van der Waals surface area contributed by atoms with Gasteiger partial charge in [-0.2, -0.15) is 0 Å². The molecule has 3 amide bonds. The zero-order valence-electron chi connectivity index (χ0n) is 21.4. The fraction of sp³-hybridized carbons (Fsp3) is 0.179. The minimum absolute atomic E-state index is 0.151. The van der Waals surface area contributed by atoms with E-state index in [0.29, 0.717) is 45.7 Å². The predicted octanol–water partition coefficient (Wildman–Crippen LogP) is 6.26. The van der Waals surface area contributed by atoms with Crippen LogP contribution >= 0.6 is 0 Å². The average molecular weight is 514 g/mol. The van der Waals surface area contributed by atoms with Gasteiger partial charge >= 0.3 is 6.03 Å². The molecule has 2 aromatic heterocycles. The number of carbonyl (C=O) groups is 3. The quantitative estimate of drug-likeness (QED) is 0.248. The highest BCUT2D eigenvalue weighted by atomic mass is 16.5. The Bertz CT molecular complexity index is 1450. The van der Waals surface area contributed by atoms with E-state index >= 15 is 0 Å². The molecule has 0 unspecified atom stereocenters. The van der Waals surface area contributed by atoms with E-state index in [2.05, 4.69) is 26.1 Å². The van der Waals surface area contributed by atoms with Crippen LogP contribution in [0.1, 0.15) is 54.3 Å². The average Bonchev–Trinajstić information content (AvgIpc) is 3.35. The molecular formula is C28H27N5O5.